The van der Waals surface area contributed by atoms with Gasteiger partial charge in [0.25, 0.3) is 5.91 Å². The molecule has 0 spiro atoms. The fourth-order valence-electron chi connectivity index (χ4n) is 3.92. The molecule has 1 atom stereocenters. The van der Waals surface area contributed by atoms with E-state index >= 15 is 0 Å². The van der Waals surface area contributed by atoms with Gasteiger partial charge < -0.3 is 25.6 Å². The smallest absolute Gasteiger partial charge is 0.378 e. The van der Waals surface area contributed by atoms with Gasteiger partial charge in [-0.3, -0.25) is 4.79 Å². The number of benzene rings is 2. The zero-order chi connectivity index (χ0) is 23.6. The number of carbonyl (C=O) groups is 1. The Morgan fingerprint density at radius 1 is 1.15 bits per heavy atom. The molecule has 1 fully saturated rings. The van der Waals surface area contributed by atoms with E-state index < -0.39 is 23.7 Å². The van der Waals surface area contributed by atoms with Crippen LogP contribution in [-0.2, 0) is 15.7 Å². The van der Waals surface area contributed by atoms with E-state index in [1.807, 2.05) is 24.3 Å². The van der Waals surface area contributed by atoms with Crippen molar-refractivity contribution in [2.45, 2.75) is 19.1 Å². The molecule has 1 saturated heterocycles. The molecule has 10 heteroatoms. The Kier molecular flexibility index (Phi) is 6.57. The summed E-state index contributed by atoms with van der Waals surface area (Å²) < 4.78 is 44.5. The minimum Gasteiger partial charge on any atom is -0.378 e. The third kappa shape index (κ3) is 5.28. The number of carbonyl (C=O) groups excluding carboxylic acids is 1. The molecule has 2 aliphatic heterocycles. The standard InChI is InChI=1S/C23H23F3N4O2S/c1-14-19(21(31)28-17-4-2-3-16(13-17)23(24,25)26)20(29-22(33)27-14)15-5-7-18(8-6-15)30-9-11-32-12-10-30/h2-8,13,20H,9-12H2,1H3,(H,28,31)(H2,27,29,33). The molecule has 2 aromatic rings. The van der Waals surface area contributed by atoms with Crippen LogP contribution in [0.15, 0.2) is 59.8 Å². The van der Waals surface area contributed by atoms with E-state index in [0.717, 1.165) is 36.5 Å². The third-order valence-corrected chi connectivity index (χ3v) is 5.78. The second kappa shape index (κ2) is 9.40. The molecule has 0 aromatic heterocycles. The van der Waals surface area contributed by atoms with Crippen molar-refractivity contribution < 1.29 is 22.7 Å². The monoisotopic (exact) mass is 476 g/mol. The molecule has 1 unspecified atom stereocenters. The molecule has 3 N–H and O–H groups in total. The molecule has 2 aliphatic rings. The van der Waals surface area contributed by atoms with Gasteiger partial charge in [0.15, 0.2) is 5.11 Å². The van der Waals surface area contributed by atoms with Crippen LogP contribution < -0.4 is 20.9 Å². The molecule has 0 bridgehead atoms. The van der Waals surface area contributed by atoms with Crippen molar-refractivity contribution in [2.75, 3.05) is 36.5 Å². The van der Waals surface area contributed by atoms with Crippen LogP contribution in [0.3, 0.4) is 0 Å². The van der Waals surface area contributed by atoms with Crippen molar-refractivity contribution >= 4 is 34.6 Å². The van der Waals surface area contributed by atoms with Crippen LogP contribution in [0.2, 0.25) is 0 Å². The van der Waals surface area contributed by atoms with E-state index in [2.05, 4.69) is 20.9 Å². The number of nitrogens with one attached hydrogen (secondary N) is 3. The number of halogens is 3. The summed E-state index contributed by atoms with van der Waals surface area (Å²) in [5, 5.41) is 8.99. The quantitative estimate of drug-likeness (QED) is 0.581. The predicted molar refractivity (Wildman–Crippen MR) is 124 cm³/mol. The SMILES string of the molecule is CC1=C(C(=O)Nc2cccc(C(F)(F)F)c2)C(c2ccc(N3CCOCC3)cc2)NC(=S)N1. The van der Waals surface area contributed by atoms with Gasteiger partial charge in [0.2, 0.25) is 0 Å². The van der Waals surface area contributed by atoms with E-state index in [4.69, 9.17) is 17.0 Å². The minimum atomic E-state index is -4.50. The number of hydrogen-bond acceptors (Lipinski definition) is 4. The molecule has 0 radical (unpaired) electrons. The lowest BCUT2D eigenvalue weighted by Crippen LogP contribution is -2.45. The second-order valence-electron chi connectivity index (χ2n) is 7.79. The van der Waals surface area contributed by atoms with Gasteiger partial charge >= 0.3 is 6.18 Å². The first-order valence-corrected chi connectivity index (χ1v) is 10.8. The molecule has 0 saturated carbocycles. The average molecular weight is 477 g/mol. The summed E-state index contributed by atoms with van der Waals surface area (Å²) in [6, 6.07) is 11.8. The predicted octanol–water partition coefficient (Wildman–Crippen LogP) is 3.97. The van der Waals surface area contributed by atoms with Gasteiger partial charge in [-0.2, -0.15) is 13.2 Å². The van der Waals surface area contributed by atoms with Crippen molar-refractivity contribution in [2.24, 2.45) is 0 Å². The maximum absolute atomic E-state index is 13.1. The summed E-state index contributed by atoms with van der Waals surface area (Å²) in [5.41, 5.74) is 1.97. The Balaban J connectivity index is 1.58. The molecule has 6 nitrogen and oxygen atoms in total. The number of amides is 1. The van der Waals surface area contributed by atoms with Gasteiger partial charge in [-0.15, -0.1) is 0 Å². The summed E-state index contributed by atoms with van der Waals surface area (Å²) in [6.45, 7) is 4.67. The number of hydrogen-bond donors (Lipinski definition) is 3. The number of allylic oxidation sites excluding steroid dienone is 1. The number of nitrogens with zero attached hydrogens (tertiary/aromatic N) is 1. The lowest BCUT2D eigenvalue weighted by molar-refractivity contribution is -0.137. The van der Waals surface area contributed by atoms with Crippen LogP contribution in [0.25, 0.3) is 0 Å². The highest BCUT2D eigenvalue weighted by atomic mass is 32.1. The molecule has 2 aromatic carbocycles. The van der Waals surface area contributed by atoms with Crippen LogP contribution in [0.5, 0.6) is 0 Å². The second-order valence-corrected chi connectivity index (χ2v) is 8.20. The van der Waals surface area contributed by atoms with E-state index in [-0.39, 0.29) is 5.69 Å². The molecular weight excluding hydrogens is 453 g/mol. The van der Waals surface area contributed by atoms with E-state index in [9.17, 15) is 18.0 Å². The summed E-state index contributed by atoms with van der Waals surface area (Å²) in [5.74, 6) is -0.517. The summed E-state index contributed by atoms with van der Waals surface area (Å²) in [7, 11) is 0. The van der Waals surface area contributed by atoms with Gasteiger partial charge in [0.05, 0.1) is 30.4 Å². The Bertz CT molecular complexity index is 1080. The fourth-order valence-corrected chi connectivity index (χ4v) is 4.19. The van der Waals surface area contributed by atoms with Crippen molar-refractivity contribution in [3.63, 3.8) is 0 Å². The molecule has 2 heterocycles. The van der Waals surface area contributed by atoms with Crippen LogP contribution in [0, 0.1) is 0 Å². The number of ether oxygens (including phenoxy) is 1. The number of anilines is 2. The lowest BCUT2D eigenvalue weighted by atomic mass is 9.94. The van der Waals surface area contributed by atoms with Gasteiger partial charge in [-0.25, -0.2) is 0 Å². The Morgan fingerprint density at radius 3 is 2.52 bits per heavy atom. The van der Waals surface area contributed by atoms with E-state index in [1.54, 1.807) is 6.92 Å². The molecule has 0 aliphatic carbocycles. The first-order chi connectivity index (χ1) is 15.7. The highest BCUT2D eigenvalue weighted by Crippen LogP contribution is 2.32. The van der Waals surface area contributed by atoms with Crippen LogP contribution in [0.4, 0.5) is 24.5 Å². The first kappa shape index (κ1) is 23.1. The molecule has 33 heavy (non-hydrogen) atoms. The van der Waals surface area contributed by atoms with Crippen LogP contribution in [-0.4, -0.2) is 37.3 Å². The van der Waals surface area contributed by atoms with Crippen molar-refractivity contribution in [1.29, 1.82) is 0 Å². The highest BCUT2D eigenvalue weighted by Gasteiger charge is 2.32. The van der Waals surface area contributed by atoms with Gasteiger partial charge in [0, 0.05) is 30.2 Å². The molecular formula is C23H23F3N4O2S. The van der Waals surface area contributed by atoms with Crippen molar-refractivity contribution in [3.05, 3.63) is 70.9 Å². The first-order valence-electron chi connectivity index (χ1n) is 10.4. The highest BCUT2D eigenvalue weighted by molar-refractivity contribution is 7.80. The molecule has 174 valence electrons. The van der Waals surface area contributed by atoms with E-state index in [1.165, 1.54) is 12.1 Å². The zero-order valence-electron chi connectivity index (χ0n) is 17.8. The van der Waals surface area contributed by atoms with Gasteiger partial charge in [-0.1, -0.05) is 18.2 Å². The Morgan fingerprint density at radius 2 is 1.85 bits per heavy atom. The normalized spacial score (nSPS) is 19.1. The van der Waals surface area contributed by atoms with Crippen LogP contribution in [0.1, 0.15) is 24.1 Å². The van der Waals surface area contributed by atoms with E-state index in [0.29, 0.717) is 29.6 Å². The summed E-state index contributed by atoms with van der Waals surface area (Å²) in [6.07, 6.45) is -4.50. The molecule has 4 rings (SSSR count). The number of morpholine rings is 1. The van der Waals surface area contributed by atoms with Gasteiger partial charge in [0.1, 0.15) is 0 Å². The fraction of sp³-hybridized carbons (Fsp3) is 0.304. The topological polar surface area (TPSA) is 65.6 Å². The van der Waals surface area contributed by atoms with Crippen molar-refractivity contribution in [3.8, 4) is 0 Å². The number of rotatable bonds is 4. The largest absolute Gasteiger partial charge is 0.416 e. The number of alkyl halides is 3. The summed E-state index contributed by atoms with van der Waals surface area (Å²) >= 11 is 5.28. The Hall–Kier alpha value is -3.11. The third-order valence-electron chi connectivity index (χ3n) is 5.56. The van der Waals surface area contributed by atoms with Gasteiger partial charge in [-0.05, 0) is 55.0 Å². The maximum atomic E-state index is 13.1. The van der Waals surface area contributed by atoms with Crippen LogP contribution >= 0.6 is 12.2 Å². The average Bonchev–Trinajstić information content (AvgIpc) is 2.79. The summed E-state index contributed by atoms with van der Waals surface area (Å²) in [4.78, 5) is 15.4. The number of thiocarbonyl (C=S) groups is 1. The maximum Gasteiger partial charge on any atom is 0.416 e. The lowest BCUT2D eigenvalue weighted by Gasteiger charge is -2.32. The van der Waals surface area contributed by atoms with Crippen molar-refractivity contribution in [1.82, 2.24) is 10.6 Å². The zero-order valence-corrected chi connectivity index (χ0v) is 18.6. The Labute approximate surface area is 194 Å². The minimum absolute atomic E-state index is 0.0599. The molecule has 1 amide bonds.